The molecule has 0 radical (unpaired) electrons. The SMILES string of the molecule is C=C(/C(C(C)=C(C)C)=C(C)\C(C)=C/C)c1c(CC)c(CO)c2c(N(C)C)nc(CCC3(CC)CC3)nc2c1F. The van der Waals surface area contributed by atoms with Crippen LogP contribution in [0.2, 0.25) is 0 Å². The number of aryl methyl sites for hydroxylation is 1. The highest BCUT2D eigenvalue weighted by Crippen LogP contribution is 2.52. The summed E-state index contributed by atoms with van der Waals surface area (Å²) in [5, 5.41) is 11.3. The fourth-order valence-electron chi connectivity index (χ4n) is 5.65. The summed E-state index contributed by atoms with van der Waals surface area (Å²) < 4.78 is 16.9. The molecule has 1 aromatic heterocycles. The van der Waals surface area contributed by atoms with Gasteiger partial charge in [0.25, 0.3) is 0 Å². The molecule has 0 unspecified atom stereocenters. The van der Waals surface area contributed by atoms with Crippen molar-refractivity contribution in [3.63, 3.8) is 0 Å². The highest BCUT2D eigenvalue weighted by molar-refractivity contribution is 5.99. The zero-order valence-electron chi connectivity index (χ0n) is 25.9. The third kappa shape index (κ3) is 5.89. The van der Waals surface area contributed by atoms with E-state index in [0.717, 1.165) is 46.3 Å². The number of aromatic nitrogens is 2. The quantitative estimate of drug-likeness (QED) is 0.294. The first-order chi connectivity index (χ1) is 18.4. The predicted octanol–water partition coefficient (Wildman–Crippen LogP) is 8.66. The molecule has 0 bridgehead atoms. The third-order valence-corrected chi connectivity index (χ3v) is 8.98. The Labute approximate surface area is 235 Å². The fraction of sp³-hybridized carbons (Fsp3) is 0.529. The average Bonchev–Trinajstić information content (AvgIpc) is 3.70. The molecule has 1 N–H and O–H groups in total. The van der Waals surface area contributed by atoms with E-state index in [2.05, 4.69) is 54.2 Å². The summed E-state index contributed by atoms with van der Waals surface area (Å²) >= 11 is 0. The molecule has 5 heteroatoms. The number of rotatable bonds is 11. The van der Waals surface area contributed by atoms with Crippen LogP contribution in [0.25, 0.3) is 16.5 Å². The van der Waals surface area contributed by atoms with Crippen LogP contribution in [0.1, 0.15) is 104 Å². The summed E-state index contributed by atoms with van der Waals surface area (Å²) in [4.78, 5) is 11.7. The van der Waals surface area contributed by atoms with Gasteiger partial charge < -0.3 is 10.0 Å². The fourth-order valence-corrected chi connectivity index (χ4v) is 5.65. The lowest BCUT2D eigenvalue weighted by Gasteiger charge is -2.25. The van der Waals surface area contributed by atoms with Crippen LogP contribution in [0.3, 0.4) is 0 Å². The maximum atomic E-state index is 16.9. The molecular weight excluding hydrogens is 485 g/mol. The van der Waals surface area contributed by atoms with Gasteiger partial charge in [-0.1, -0.05) is 44.1 Å². The lowest BCUT2D eigenvalue weighted by atomic mass is 9.82. The Morgan fingerprint density at radius 2 is 1.69 bits per heavy atom. The zero-order valence-corrected chi connectivity index (χ0v) is 25.9. The number of hydrogen-bond acceptors (Lipinski definition) is 4. The number of allylic oxidation sites excluding steroid dienone is 7. The number of hydrogen-bond donors (Lipinski definition) is 1. The number of fused-ring (bicyclic) bond motifs is 1. The monoisotopic (exact) mass is 533 g/mol. The van der Waals surface area contributed by atoms with Crippen molar-refractivity contribution in [2.24, 2.45) is 5.41 Å². The Morgan fingerprint density at radius 3 is 2.15 bits per heavy atom. The maximum Gasteiger partial charge on any atom is 0.157 e. The van der Waals surface area contributed by atoms with Gasteiger partial charge in [-0.3, -0.25) is 0 Å². The van der Waals surface area contributed by atoms with Crippen molar-refractivity contribution in [3.05, 3.63) is 68.9 Å². The van der Waals surface area contributed by atoms with Gasteiger partial charge in [0.2, 0.25) is 0 Å². The molecule has 0 aliphatic heterocycles. The van der Waals surface area contributed by atoms with Crippen LogP contribution >= 0.6 is 0 Å². The molecule has 212 valence electrons. The molecule has 2 aromatic rings. The van der Waals surface area contributed by atoms with Crippen LogP contribution in [0, 0.1) is 11.2 Å². The lowest BCUT2D eigenvalue weighted by molar-refractivity contribution is 0.282. The summed E-state index contributed by atoms with van der Waals surface area (Å²) in [6.07, 6.45) is 7.99. The van der Waals surface area contributed by atoms with Gasteiger partial charge in [-0.25, -0.2) is 14.4 Å². The molecule has 1 heterocycles. The minimum atomic E-state index is -0.377. The van der Waals surface area contributed by atoms with Crippen molar-refractivity contribution in [2.45, 2.75) is 101 Å². The van der Waals surface area contributed by atoms with Crippen LogP contribution in [-0.4, -0.2) is 29.2 Å². The van der Waals surface area contributed by atoms with Gasteiger partial charge in [0.1, 0.15) is 17.2 Å². The van der Waals surface area contributed by atoms with E-state index < -0.39 is 0 Å². The van der Waals surface area contributed by atoms with Crippen LogP contribution in [0.15, 0.2) is 40.5 Å². The molecule has 1 saturated carbocycles. The van der Waals surface area contributed by atoms with Crippen molar-refractivity contribution in [1.82, 2.24) is 9.97 Å². The summed E-state index contributed by atoms with van der Waals surface area (Å²) in [5.74, 6) is 0.937. The zero-order chi connectivity index (χ0) is 29.2. The Hall–Kier alpha value is -2.79. The topological polar surface area (TPSA) is 49.2 Å². The molecule has 4 nitrogen and oxygen atoms in total. The van der Waals surface area contributed by atoms with E-state index in [1.165, 1.54) is 12.8 Å². The molecular formula is C34H48FN3O. The number of halogens is 1. The second kappa shape index (κ2) is 12.2. The van der Waals surface area contributed by atoms with Crippen molar-refractivity contribution in [2.75, 3.05) is 19.0 Å². The van der Waals surface area contributed by atoms with E-state index in [1.807, 2.05) is 32.8 Å². The van der Waals surface area contributed by atoms with E-state index in [0.29, 0.717) is 52.0 Å². The minimum absolute atomic E-state index is 0.226. The van der Waals surface area contributed by atoms with Gasteiger partial charge >= 0.3 is 0 Å². The van der Waals surface area contributed by atoms with Gasteiger partial charge in [0, 0.05) is 26.1 Å². The minimum Gasteiger partial charge on any atom is -0.392 e. The molecule has 1 fully saturated rings. The van der Waals surface area contributed by atoms with Crippen LogP contribution < -0.4 is 4.90 Å². The van der Waals surface area contributed by atoms with Gasteiger partial charge in [-0.15, -0.1) is 0 Å². The highest BCUT2D eigenvalue weighted by atomic mass is 19.1. The van der Waals surface area contributed by atoms with E-state index >= 15 is 4.39 Å². The lowest BCUT2D eigenvalue weighted by Crippen LogP contribution is -2.17. The summed E-state index contributed by atoms with van der Waals surface area (Å²) in [5.41, 5.74) is 8.57. The van der Waals surface area contributed by atoms with E-state index in [1.54, 1.807) is 0 Å². The maximum absolute atomic E-state index is 16.9. The van der Waals surface area contributed by atoms with E-state index in [9.17, 15) is 5.11 Å². The normalized spacial score (nSPS) is 15.3. The average molecular weight is 534 g/mol. The molecule has 1 aromatic carbocycles. The van der Waals surface area contributed by atoms with Crippen LogP contribution in [0.5, 0.6) is 0 Å². The smallest absolute Gasteiger partial charge is 0.157 e. The molecule has 0 atom stereocenters. The van der Waals surface area contributed by atoms with Crippen LogP contribution in [-0.2, 0) is 19.4 Å². The number of nitrogens with zero attached hydrogens (tertiary/aromatic N) is 3. The first-order valence-electron chi connectivity index (χ1n) is 14.4. The number of aliphatic hydroxyl groups is 1. The second-order valence-electron chi connectivity index (χ2n) is 11.7. The largest absolute Gasteiger partial charge is 0.392 e. The first kappa shape index (κ1) is 30.7. The van der Waals surface area contributed by atoms with Crippen molar-refractivity contribution >= 4 is 22.3 Å². The summed E-state index contributed by atoms with van der Waals surface area (Å²) in [6, 6.07) is 0. The first-order valence-corrected chi connectivity index (χ1v) is 14.4. The van der Waals surface area contributed by atoms with Gasteiger partial charge in [-0.2, -0.15) is 0 Å². The van der Waals surface area contributed by atoms with Crippen molar-refractivity contribution < 1.29 is 9.50 Å². The molecule has 0 spiro atoms. The standard InChI is InChI=1S/C34H48FN3O/c1-12-21(6)23(8)28(22(7)20(4)5)24(9)29-25(13-2)26(19-39)30-32(31(29)35)36-27(37-33(30)38(10)11)15-16-34(14-3)17-18-34/h12,39H,9,13-19H2,1-8,10-11H3/b21-12-,28-23-. The summed E-state index contributed by atoms with van der Waals surface area (Å²) in [7, 11) is 3.83. The van der Waals surface area contributed by atoms with Crippen LogP contribution in [0.4, 0.5) is 10.2 Å². The summed E-state index contributed by atoms with van der Waals surface area (Å²) in [6.45, 7) is 20.9. The Bertz CT molecular complexity index is 1370. The molecule has 1 aliphatic carbocycles. The van der Waals surface area contributed by atoms with Crippen molar-refractivity contribution in [3.8, 4) is 0 Å². The number of anilines is 1. The Balaban J connectivity index is 2.40. The number of aliphatic hydroxyl groups excluding tert-OH is 1. The Morgan fingerprint density at radius 1 is 1.05 bits per heavy atom. The van der Waals surface area contributed by atoms with Crippen molar-refractivity contribution in [1.29, 1.82) is 0 Å². The third-order valence-electron chi connectivity index (χ3n) is 8.98. The van der Waals surface area contributed by atoms with Gasteiger partial charge in [0.05, 0.1) is 12.0 Å². The highest BCUT2D eigenvalue weighted by Gasteiger charge is 2.40. The molecule has 0 amide bonds. The van der Waals surface area contributed by atoms with Gasteiger partial charge in [0.15, 0.2) is 5.82 Å². The van der Waals surface area contributed by atoms with E-state index in [-0.39, 0.29) is 17.9 Å². The number of benzene rings is 1. The molecule has 39 heavy (non-hydrogen) atoms. The Kier molecular flexibility index (Phi) is 9.59. The van der Waals surface area contributed by atoms with E-state index in [4.69, 9.17) is 9.97 Å². The second-order valence-corrected chi connectivity index (χ2v) is 11.7. The predicted molar refractivity (Wildman–Crippen MR) is 165 cm³/mol. The molecule has 1 aliphatic rings. The molecule has 3 rings (SSSR count). The van der Waals surface area contributed by atoms with Gasteiger partial charge in [-0.05, 0) is 106 Å². The molecule has 0 saturated heterocycles.